The van der Waals surface area contributed by atoms with Gasteiger partial charge in [-0.05, 0) is 51.5 Å². The van der Waals surface area contributed by atoms with Crippen molar-refractivity contribution in [3.8, 4) is 0 Å². The van der Waals surface area contributed by atoms with Gasteiger partial charge in [-0.1, -0.05) is 0 Å². The molecule has 0 aliphatic heterocycles. The topological polar surface area (TPSA) is 33.3 Å². The van der Waals surface area contributed by atoms with Gasteiger partial charge >= 0.3 is 0 Å². The van der Waals surface area contributed by atoms with Gasteiger partial charge in [-0.2, -0.15) is 0 Å². The molecule has 0 saturated carbocycles. The molecule has 2 unspecified atom stereocenters. The maximum atomic E-state index is 5.30. The molecule has 1 heterocycles. The van der Waals surface area contributed by atoms with E-state index in [0.717, 1.165) is 0 Å². The number of aryl methyl sites for hydroxylation is 2. The minimum Gasteiger partial charge on any atom is -0.383 e. The summed E-state index contributed by atoms with van der Waals surface area (Å²) in [6, 6.07) is 2.66. The minimum atomic E-state index is 0.215. The number of rotatable bonds is 5. The Balaban J connectivity index is 2.52. The summed E-state index contributed by atoms with van der Waals surface area (Å²) in [7, 11) is 1.69. The van der Waals surface area contributed by atoms with Crippen LogP contribution in [0.15, 0.2) is 6.07 Å². The molecular weight excluding hydrogens is 264 g/mol. The van der Waals surface area contributed by atoms with E-state index in [-0.39, 0.29) is 12.1 Å². The minimum absolute atomic E-state index is 0.215. The molecule has 2 N–H and O–H groups in total. The van der Waals surface area contributed by atoms with Gasteiger partial charge in [0.1, 0.15) is 0 Å². The summed E-state index contributed by atoms with van der Waals surface area (Å²) in [5.41, 5.74) is 1.32. The van der Waals surface area contributed by atoms with Crippen molar-refractivity contribution in [3.05, 3.63) is 21.4 Å². The molecule has 0 aliphatic rings. The third kappa shape index (κ3) is 4.55. The van der Waals surface area contributed by atoms with Crippen LogP contribution in [0.1, 0.15) is 35.2 Å². The second kappa shape index (κ2) is 7.07. The van der Waals surface area contributed by atoms with Crippen LogP contribution < -0.4 is 10.6 Å². The van der Waals surface area contributed by atoms with Crippen molar-refractivity contribution in [2.45, 2.75) is 39.8 Å². The van der Waals surface area contributed by atoms with Crippen molar-refractivity contribution in [1.82, 2.24) is 10.6 Å². The molecule has 0 fully saturated rings. The van der Waals surface area contributed by atoms with E-state index in [2.05, 4.69) is 37.5 Å². The van der Waals surface area contributed by atoms with Gasteiger partial charge in [-0.15, -0.1) is 11.3 Å². The summed E-state index contributed by atoms with van der Waals surface area (Å²) in [6.07, 6.45) is 0. The first kappa shape index (κ1) is 15.4. The largest absolute Gasteiger partial charge is 0.383 e. The highest BCUT2D eigenvalue weighted by Crippen LogP contribution is 2.25. The second-order valence-electron chi connectivity index (χ2n) is 4.56. The Morgan fingerprint density at radius 2 is 2.06 bits per heavy atom. The normalized spacial score (nSPS) is 14.1. The van der Waals surface area contributed by atoms with E-state index < -0.39 is 0 Å². The van der Waals surface area contributed by atoms with Crippen molar-refractivity contribution in [2.75, 3.05) is 13.7 Å². The Morgan fingerprint density at radius 1 is 1.39 bits per heavy atom. The molecule has 0 bridgehead atoms. The predicted octanol–water partition coefficient (Wildman–Crippen LogP) is 2.92. The summed E-state index contributed by atoms with van der Waals surface area (Å²) in [4.78, 5) is 2.68. The van der Waals surface area contributed by atoms with Crippen LogP contribution in [0, 0.1) is 13.8 Å². The summed E-state index contributed by atoms with van der Waals surface area (Å²) < 4.78 is 5.07. The van der Waals surface area contributed by atoms with Gasteiger partial charge in [0.05, 0.1) is 12.6 Å². The first-order chi connectivity index (χ1) is 8.43. The van der Waals surface area contributed by atoms with Crippen LogP contribution >= 0.6 is 23.6 Å². The summed E-state index contributed by atoms with van der Waals surface area (Å²) in [6.45, 7) is 9.10. The van der Waals surface area contributed by atoms with Crippen molar-refractivity contribution in [2.24, 2.45) is 0 Å². The molecule has 2 atom stereocenters. The number of thiophene rings is 1. The fraction of sp³-hybridized carbons (Fsp3) is 0.615. The highest BCUT2D eigenvalue weighted by atomic mass is 32.1. The van der Waals surface area contributed by atoms with Gasteiger partial charge in [0.2, 0.25) is 0 Å². The van der Waals surface area contributed by atoms with Crippen molar-refractivity contribution in [1.29, 1.82) is 0 Å². The van der Waals surface area contributed by atoms with E-state index in [9.17, 15) is 0 Å². The number of ether oxygens (including phenoxy) is 1. The third-order valence-corrected chi connectivity index (χ3v) is 3.91. The maximum absolute atomic E-state index is 5.30. The van der Waals surface area contributed by atoms with E-state index in [1.54, 1.807) is 7.11 Å². The molecule has 3 nitrogen and oxygen atoms in total. The summed E-state index contributed by atoms with van der Waals surface area (Å²) in [5, 5.41) is 7.19. The molecule has 5 heteroatoms. The summed E-state index contributed by atoms with van der Waals surface area (Å²) >= 11 is 7.12. The van der Waals surface area contributed by atoms with Crippen LogP contribution in [-0.4, -0.2) is 24.9 Å². The Labute approximate surface area is 119 Å². The van der Waals surface area contributed by atoms with E-state index >= 15 is 0 Å². The van der Waals surface area contributed by atoms with Crippen molar-refractivity contribution in [3.63, 3.8) is 0 Å². The number of methoxy groups -OCH3 is 1. The van der Waals surface area contributed by atoms with Crippen molar-refractivity contribution >= 4 is 28.7 Å². The van der Waals surface area contributed by atoms with Gasteiger partial charge in [0.25, 0.3) is 0 Å². The lowest BCUT2D eigenvalue weighted by atomic mass is 10.1. The highest BCUT2D eigenvalue weighted by Gasteiger charge is 2.13. The average Bonchev–Trinajstić information content (AvgIpc) is 2.57. The van der Waals surface area contributed by atoms with Crippen LogP contribution in [0.2, 0.25) is 0 Å². The monoisotopic (exact) mass is 286 g/mol. The van der Waals surface area contributed by atoms with Gasteiger partial charge in [0.15, 0.2) is 5.11 Å². The molecular formula is C13H22N2OS2. The number of thiocarbonyl (C=S) groups is 1. The fourth-order valence-corrected chi connectivity index (χ4v) is 3.31. The molecule has 102 valence electrons. The van der Waals surface area contributed by atoms with Crippen LogP contribution in [0.5, 0.6) is 0 Å². The van der Waals surface area contributed by atoms with Crippen molar-refractivity contribution < 1.29 is 4.74 Å². The Morgan fingerprint density at radius 3 is 2.56 bits per heavy atom. The molecule has 0 saturated heterocycles. The lowest BCUT2D eigenvalue weighted by molar-refractivity contribution is 0.179. The predicted molar refractivity (Wildman–Crippen MR) is 82.4 cm³/mol. The average molecular weight is 286 g/mol. The number of hydrogen-bond donors (Lipinski definition) is 2. The molecule has 18 heavy (non-hydrogen) atoms. The standard InChI is InChI=1S/C13H22N2OS2/c1-8(7-16-5)14-13(17)15-10(3)12-6-9(2)18-11(12)4/h6,8,10H,7H2,1-5H3,(H2,14,15,17). The zero-order valence-electron chi connectivity index (χ0n) is 11.7. The van der Waals surface area contributed by atoms with Gasteiger partial charge in [0, 0.05) is 22.9 Å². The summed E-state index contributed by atoms with van der Waals surface area (Å²) in [5.74, 6) is 0. The molecule has 0 amide bonds. The fourth-order valence-electron chi connectivity index (χ4n) is 1.91. The van der Waals surface area contributed by atoms with E-state index in [1.807, 2.05) is 18.3 Å². The zero-order chi connectivity index (χ0) is 13.7. The number of nitrogens with one attached hydrogen (secondary N) is 2. The Bertz CT molecular complexity index is 404. The zero-order valence-corrected chi connectivity index (χ0v) is 13.3. The van der Waals surface area contributed by atoms with Crippen LogP contribution in [0.3, 0.4) is 0 Å². The lowest BCUT2D eigenvalue weighted by Gasteiger charge is -2.20. The van der Waals surface area contributed by atoms with Crippen LogP contribution in [0.4, 0.5) is 0 Å². The van der Waals surface area contributed by atoms with Crippen LogP contribution in [-0.2, 0) is 4.74 Å². The SMILES string of the molecule is COCC(C)NC(=S)NC(C)c1cc(C)sc1C. The Kier molecular flexibility index (Phi) is 6.05. The molecule has 0 radical (unpaired) electrons. The molecule has 1 rings (SSSR count). The van der Waals surface area contributed by atoms with E-state index in [4.69, 9.17) is 17.0 Å². The smallest absolute Gasteiger partial charge is 0.167 e. The van der Waals surface area contributed by atoms with Gasteiger partial charge < -0.3 is 15.4 Å². The molecule has 0 aliphatic carbocycles. The first-order valence-corrected chi connectivity index (χ1v) is 7.29. The van der Waals surface area contributed by atoms with E-state index in [1.165, 1.54) is 15.3 Å². The van der Waals surface area contributed by atoms with E-state index in [0.29, 0.717) is 11.7 Å². The Hall–Kier alpha value is -0.650. The maximum Gasteiger partial charge on any atom is 0.167 e. The molecule has 0 spiro atoms. The quantitative estimate of drug-likeness (QED) is 0.816. The molecule has 1 aromatic rings. The van der Waals surface area contributed by atoms with Gasteiger partial charge in [-0.25, -0.2) is 0 Å². The first-order valence-electron chi connectivity index (χ1n) is 6.07. The number of hydrogen-bond acceptors (Lipinski definition) is 3. The van der Waals surface area contributed by atoms with Gasteiger partial charge in [-0.3, -0.25) is 0 Å². The molecule has 1 aromatic heterocycles. The highest BCUT2D eigenvalue weighted by molar-refractivity contribution is 7.80. The van der Waals surface area contributed by atoms with Crippen LogP contribution in [0.25, 0.3) is 0 Å². The molecule has 0 aromatic carbocycles. The third-order valence-electron chi connectivity index (χ3n) is 2.69. The lowest BCUT2D eigenvalue weighted by Crippen LogP contribution is -2.43. The second-order valence-corrected chi connectivity index (χ2v) is 6.43.